The Balaban J connectivity index is 0.978. The van der Waals surface area contributed by atoms with E-state index in [2.05, 4.69) is 83.3 Å². The summed E-state index contributed by atoms with van der Waals surface area (Å²) in [5.41, 5.74) is 6.47. The highest BCUT2D eigenvalue weighted by atomic mass is 16.5. The molecule has 2 aliphatic heterocycles. The maximum atomic E-state index is 12.7. The van der Waals surface area contributed by atoms with Crippen molar-refractivity contribution < 1.29 is 14.3 Å². The number of nitrogens with one attached hydrogen (secondary N) is 2. The van der Waals surface area contributed by atoms with E-state index in [0.29, 0.717) is 32.8 Å². The van der Waals surface area contributed by atoms with E-state index >= 15 is 0 Å². The molecule has 3 heterocycles. The van der Waals surface area contributed by atoms with E-state index in [4.69, 9.17) is 9.72 Å². The number of imidazole rings is 1. The van der Waals surface area contributed by atoms with Gasteiger partial charge in [-0.3, -0.25) is 9.69 Å². The van der Waals surface area contributed by atoms with Crippen LogP contribution in [0.3, 0.4) is 0 Å². The maximum Gasteiger partial charge on any atom is 0.321 e. The number of hydrogen-bond acceptors (Lipinski definition) is 6. The number of urea groups is 1. The van der Waals surface area contributed by atoms with Crippen molar-refractivity contribution in [3.8, 4) is 17.1 Å². The smallest absolute Gasteiger partial charge is 0.321 e. The molecule has 0 saturated carbocycles. The molecule has 2 saturated heterocycles. The number of carbonyl (C=O) groups is 2. The van der Waals surface area contributed by atoms with Crippen LogP contribution in [-0.4, -0.2) is 103 Å². The minimum Gasteiger partial charge on any atom is -0.492 e. The molecular formula is C36H45N7O3. The Kier molecular flexibility index (Phi) is 9.44. The second kappa shape index (κ2) is 13.8. The lowest BCUT2D eigenvalue weighted by Crippen LogP contribution is -2.47. The molecular weight excluding hydrogens is 578 g/mol. The van der Waals surface area contributed by atoms with Crippen LogP contribution < -0.4 is 15.0 Å². The monoisotopic (exact) mass is 623 g/mol. The lowest BCUT2D eigenvalue weighted by Gasteiger charge is -2.36. The standard InChI is InChI=1S/C36H45N7O3/c1-36(2,3)28-8-4-7-27(25-28)34-38-31-9-5-10-32(33(31)39-34)42-20-17-40(18-21-42)23-24-46-30-13-11-29(12-14-30)37-35(45)43-16-6-15-41(26-44)19-22-43/h4-5,7-14,25-26H,6,15-24H2,1-3H3,(H,37,45)(H,38,39). The molecule has 2 N–H and O–H groups in total. The number of carbonyl (C=O) groups excluding carboxylic acids is 2. The fraction of sp³-hybridized carbons (Fsp3) is 0.417. The van der Waals surface area contributed by atoms with Crippen molar-refractivity contribution in [1.82, 2.24) is 24.7 Å². The minimum absolute atomic E-state index is 0.0811. The zero-order chi connectivity index (χ0) is 32.1. The molecule has 0 bridgehead atoms. The van der Waals surface area contributed by atoms with E-state index in [-0.39, 0.29) is 11.4 Å². The number of para-hydroxylation sites is 1. The number of ether oxygens (including phenoxy) is 1. The fourth-order valence-electron chi connectivity index (χ4n) is 6.13. The van der Waals surface area contributed by atoms with Gasteiger partial charge in [-0.1, -0.05) is 45.0 Å². The number of piperazine rings is 1. The van der Waals surface area contributed by atoms with E-state index in [9.17, 15) is 9.59 Å². The van der Waals surface area contributed by atoms with Gasteiger partial charge in [0.2, 0.25) is 6.41 Å². The lowest BCUT2D eigenvalue weighted by atomic mass is 9.86. The topological polar surface area (TPSA) is 97.0 Å². The molecule has 10 nitrogen and oxygen atoms in total. The Morgan fingerprint density at radius 3 is 2.48 bits per heavy atom. The number of rotatable bonds is 8. The van der Waals surface area contributed by atoms with Crippen LogP contribution in [0.2, 0.25) is 0 Å². The molecule has 0 aliphatic carbocycles. The SMILES string of the molecule is CC(C)(C)c1cccc(-c2nc3c(N4CCN(CCOc5ccc(NC(=O)N6CCCN(C=O)CC6)cc5)CC4)cccc3[nH]2)c1. The fourth-order valence-corrected chi connectivity index (χ4v) is 6.13. The summed E-state index contributed by atoms with van der Waals surface area (Å²) in [4.78, 5) is 40.7. The highest BCUT2D eigenvalue weighted by Crippen LogP contribution is 2.31. The largest absolute Gasteiger partial charge is 0.492 e. The van der Waals surface area contributed by atoms with Crippen molar-refractivity contribution in [3.05, 3.63) is 72.3 Å². The molecule has 4 aromatic rings. The van der Waals surface area contributed by atoms with Gasteiger partial charge in [0.15, 0.2) is 0 Å². The Morgan fingerprint density at radius 1 is 0.935 bits per heavy atom. The number of nitrogens with zero attached hydrogens (tertiary/aromatic N) is 5. The molecule has 0 spiro atoms. The van der Waals surface area contributed by atoms with Crippen molar-refractivity contribution in [2.45, 2.75) is 32.6 Å². The molecule has 2 aliphatic rings. The number of benzene rings is 3. The highest BCUT2D eigenvalue weighted by Gasteiger charge is 2.22. The van der Waals surface area contributed by atoms with Crippen molar-refractivity contribution >= 4 is 34.8 Å². The molecule has 0 radical (unpaired) electrons. The molecule has 10 heteroatoms. The third-order valence-corrected chi connectivity index (χ3v) is 8.96. The Bertz CT molecular complexity index is 1640. The molecule has 0 atom stereocenters. The van der Waals surface area contributed by atoms with Gasteiger partial charge in [0.25, 0.3) is 0 Å². The summed E-state index contributed by atoms with van der Waals surface area (Å²) in [5.74, 6) is 1.69. The summed E-state index contributed by atoms with van der Waals surface area (Å²) in [7, 11) is 0. The van der Waals surface area contributed by atoms with Crippen LogP contribution in [0, 0.1) is 0 Å². The summed E-state index contributed by atoms with van der Waals surface area (Å²) in [6, 6.07) is 22.4. The van der Waals surface area contributed by atoms with Crippen LogP contribution in [0.4, 0.5) is 16.2 Å². The maximum absolute atomic E-state index is 12.7. The molecule has 3 aromatic carbocycles. The molecule has 46 heavy (non-hydrogen) atoms. The van der Waals surface area contributed by atoms with Crippen LogP contribution in [0.5, 0.6) is 5.75 Å². The average molecular weight is 624 g/mol. The number of aromatic nitrogens is 2. The summed E-state index contributed by atoms with van der Waals surface area (Å²) < 4.78 is 6.04. The minimum atomic E-state index is -0.143. The van der Waals surface area contributed by atoms with Gasteiger partial charge < -0.3 is 29.7 Å². The number of aromatic amines is 1. The van der Waals surface area contributed by atoms with Crippen LogP contribution in [0.15, 0.2) is 66.7 Å². The van der Waals surface area contributed by atoms with Crippen molar-refractivity contribution in [1.29, 1.82) is 0 Å². The van der Waals surface area contributed by atoms with E-state index < -0.39 is 0 Å². The Morgan fingerprint density at radius 2 is 1.72 bits per heavy atom. The molecule has 6 rings (SSSR count). The van der Waals surface area contributed by atoms with Gasteiger partial charge in [-0.15, -0.1) is 0 Å². The molecule has 3 amide bonds. The molecule has 2 fully saturated rings. The van der Waals surface area contributed by atoms with Gasteiger partial charge >= 0.3 is 6.03 Å². The predicted molar refractivity (Wildman–Crippen MR) is 184 cm³/mol. The van der Waals surface area contributed by atoms with E-state index in [0.717, 1.165) is 79.4 Å². The summed E-state index contributed by atoms with van der Waals surface area (Å²) in [6.45, 7) is 14.3. The third kappa shape index (κ3) is 7.45. The first-order valence-corrected chi connectivity index (χ1v) is 16.3. The first-order valence-electron chi connectivity index (χ1n) is 16.3. The van der Waals surface area contributed by atoms with Crippen LogP contribution in [-0.2, 0) is 10.2 Å². The normalized spacial score (nSPS) is 16.4. The van der Waals surface area contributed by atoms with Crippen LogP contribution >= 0.6 is 0 Å². The van der Waals surface area contributed by atoms with Gasteiger partial charge in [0.05, 0.1) is 11.2 Å². The summed E-state index contributed by atoms with van der Waals surface area (Å²) >= 11 is 0. The lowest BCUT2D eigenvalue weighted by molar-refractivity contribution is -0.118. The van der Waals surface area contributed by atoms with Gasteiger partial charge in [-0.25, -0.2) is 9.78 Å². The van der Waals surface area contributed by atoms with E-state index in [1.165, 1.54) is 11.3 Å². The highest BCUT2D eigenvalue weighted by molar-refractivity contribution is 5.91. The molecule has 1 aromatic heterocycles. The number of anilines is 2. The molecule has 0 unspecified atom stereocenters. The van der Waals surface area contributed by atoms with Gasteiger partial charge in [0.1, 0.15) is 23.7 Å². The second-order valence-electron chi connectivity index (χ2n) is 13.2. The average Bonchev–Trinajstić information content (AvgIpc) is 3.36. The van der Waals surface area contributed by atoms with Crippen LogP contribution in [0.1, 0.15) is 32.8 Å². The number of amides is 3. The van der Waals surface area contributed by atoms with Crippen LogP contribution in [0.25, 0.3) is 22.4 Å². The summed E-state index contributed by atoms with van der Waals surface area (Å²) in [5, 5.41) is 2.96. The van der Waals surface area contributed by atoms with Gasteiger partial charge in [-0.05, 0) is 59.9 Å². The quantitative estimate of drug-likeness (QED) is 0.255. The number of fused-ring (bicyclic) bond motifs is 1. The molecule has 242 valence electrons. The van der Waals surface area contributed by atoms with E-state index in [1.807, 2.05) is 24.3 Å². The first-order chi connectivity index (χ1) is 22.3. The van der Waals surface area contributed by atoms with Gasteiger partial charge in [0, 0.05) is 70.2 Å². The Hall–Kier alpha value is -4.57. The van der Waals surface area contributed by atoms with Crippen molar-refractivity contribution in [2.24, 2.45) is 0 Å². The summed E-state index contributed by atoms with van der Waals surface area (Å²) in [6.07, 6.45) is 1.63. The van der Waals surface area contributed by atoms with Crippen molar-refractivity contribution in [2.75, 3.05) is 75.7 Å². The van der Waals surface area contributed by atoms with Crippen molar-refractivity contribution in [3.63, 3.8) is 0 Å². The predicted octanol–water partition coefficient (Wildman–Crippen LogP) is 5.42. The zero-order valence-electron chi connectivity index (χ0n) is 27.2. The number of hydrogen-bond donors (Lipinski definition) is 2. The van der Waals surface area contributed by atoms with Gasteiger partial charge in [-0.2, -0.15) is 0 Å². The Labute approximate surface area is 271 Å². The number of H-pyrrole nitrogens is 1. The second-order valence-corrected chi connectivity index (χ2v) is 13.2. The third-order valence-electron chi connectivity index (χ3n) is 8.96. The zero-order valence-corrected chi connectivity index (χ0v) is 27.2. The van der Waals surface area contributed by atoms with E-state index in [1.54, 1.807) is 9.80 Å². The first kappa shape index (κ1) is 31.4.